The Morgan fingerprint density at radius 2 is 2.00 bits per heavy atom. The molecule has 4 nitrogen and oxygen atoms in total. The zero-order valence-corrected chi connectivity index (χ0v) is 13.6. The molecule has 0 fully saturated rings. The van der Waals surface area contributed by atoms with Gasteiger partial charge in [0.05, 0.1) is 0 Å². The normalized spacial score (nSPS) is 12.4. The predicted octanol–water partition coefficient (Wildman–Crippen LogP) is 2.65. The van der Waals surface area contributed by atoms with Gasteiger partial charge in [-0.15, -0.1) is 0 Å². The topological polar surface area (TPSA) is 48.3 Å². The molecule has 1 unspecified atom stereocenters. The minimum Gasteiger partial charge on any atom is -0.478 e. The monoisotopic (exact) mass is 289 g/mol. The number of ether oxygens (including phenoxy) is 1. The van der Waals surface area contributed by atoms with Gasteiger partial charge >= 0.3 is 0 Å². The lowest BCUT2D eigenvalue weighted by molar-refractivity contribution is 0.302. The van der Waals surface area contributed by atoms with Crippen molar-refractivity contribution in [2.24, 2.45) is 5.92 Å². The summed E-state index contributed by atoms with van der Waals surface area (Å²) < 4.78 is 5.47. The first-order valence-corrected chi connectivity index (χ1v) is 7.48. The molecular weight excluding hydrogens is 262 g/mol. The first-order chi connectivity index (χ1) is 10.0. The van der Waals surface area contributed by atoms with E-state index in [1.807, 2.05) is 30.3 Å². The maximum absolute atomic E-state index is 8.64. The van der Waals surface area contributed by atoms with Gasteiger partial charge in [-0.2, -0.15) is 5.26 Å². The average Bonchev–Trinajstić information content (AvgIpc) is 2.42. The highest BCUT2D eigenvalue weighted by atomic mass is 16.5. The van der Waals surface area contributed by atoms with E-state index in [-0.39, 0.29) is 6.61 Å². The molecule has 1 rings (SSSR count). The third-order valence-corrected chi connectivity index (χ3v) is 3.19. The van der Waals surface area contributed by atoms with Crippen molar-refractivity contribution >= 4 is 0 Å². The standard InChI is InChI=1S/C17H27N3O/c1-14(2)11-16(13-20(3)4)19-12-15-7-5-6-8-17(15)21-10-9-18/h5-8,14,16,19H,10-13H2,1-4H3. The molecule has 1 aromatic rings. The fourth-order valence-corrected chi connectivity index (χ4v) is 2.39. The van der Waals surface area contributed by atoms with Crippen LogP contribution in [0.5, 0.6) is 5.75 Å². The van der Waals surface area contributed by atoms with E-state index >= 15 is 0 Å². The van der Waals surface area contributed by atoms with Gasteiger partial charge in [-0.1, -0.05) is 32.0 Å². The summed E-state index contributed by atoms with van der Waals surface area (Å²) in [5.41, 5.74) is 1.10. The quantitative estimate of drug-likeness (QED) is 0.759. The molecule has 0 aromatic heterocycles. The first-order valence-electron chi connectivity index (χ1n) is 7.48. The van der Waals surface area contributed by atoms with Gasteiger partial charge in [0.25, 0.3) is 0 Å². The Bertz CT molecular complexity index is 442. The third-order valence-electron chi connectivity index (χ3n) is 3.19. The molecule has 0 amide bonds. The Labute approximate surface area is 128 Å². The maximum atomic E-state index is 8.64. The molecule has 0 spiro atoms. The van der Waals surface area contributed by atoms with E-state index in [1.165, 1.54) is 0 Å². The van der Waals surface area contributed by atoms with Crippen LogP contribution in [0.1, 0.15) is 25.8 Å². The number of benzene rings is 1. The van der Waals surface area contributed by atoms with Crippen LogP contribution >= 0.6 is 0 Å². The van der Waals surface area contributed by atoms with Gasteiger partial charge in [-0.3, -0.25) is 0 Å². The van der Waals surface area contributed by atoms with Gasteiger partial charge in [-0.05, 0) is 32.5 Å². The van der Waals surface area contributed by atoms with Crippen molar-refractivity contribution in [1.29, 1.82) is 5.26 Å². The zero-order valence-electron chi connectivity index (χ0n) is 13.6. The summed E-state index contributed by atoms with van der Waals surface area (Å²) in [5.74, 6) is 1.45. The summed E-state index contributed by atoms with van der Waals surface area (Å²) in [6.07, 6.45) is 1.14. The summed E-state index contributed by atoms with van der Waals surface area (Å²) in [7, 11) is 4.19. The molecule has 0 saturated heterocycles. The number of para-hydroxylation sites is 1. The second-order valence-corrected chi connectivity index (χ2v) is 6.02. The van der Waals surface area contributed by atoms with Gasteiger partial charge in [-0.25, -0.2) is 0 Å². The Hall–Kier alpha value is -1.57. The lowest BCUT2D eigenvalue weighted by Gasteiger charge is -2.24. The van der Waals surface area contributed by atoms with E-state index in [0.29, 0.717) is 12.0 Å². The van der Waals surface area contributed by atoms with Crippen LogP contribution in [0.15, 0.2) is 24.3 Å². The van der Waals surface area contributed by atoms with Gasteiger partial charge in [0.1, 0.15) is 11.8 Å². The molecule has 1 atom stereocenters. The molecule has 0 radical (unpaired) electrons. The number of likely N-dealkylation sites (N-methyl/N-ethyl adjacent to an activating group) is 1. The molecule has 0 heterocycles. The van der Waals surface area contributed by atoms with E-state index in [1.54, 1.807) is 0 Å². The molecule has 0 aliphatic heterocycles. The van der Waals surface area contributed by atoms with E-state index in [9.17, 15) is 0 Å². The Morgan fingerprint density at radius 3 is 2.62 bits per heavy atom. The molecule has 0 aliphatic rings. The van der Waals surface area contributed by atoms with E-state index < -0.39 is 0 Å². The fourth-order valence-electron chi connectivity index (χ4n) is 2.39. The lowest BCUT2D eigenvalue weighted by atomic mass is 10.0. The highest BCUT2D eigenvalue weighted by Gasteiger charge is 2.12. The van der Waals surface area contributed by atoms with Crippen LogP contribution in [0.4, 0.5) is 0 Å². The van der Waals surface area contributed by atoms with Crippen LogP contribution in [0.25, 0.3) is 0 Å². The summed E-state index contributed by atoms with van der Waals surface area (Å²) in [6.45, 7) is 6.35. The maximum Gasteiger partial charge on any atom is 0.174 e. The number of hydrogen-bond donors (Lipinski definition) is 1. The minimum atomic E-state index is 0.0874. The average molecular weight is 289 g/mol. The largest absolute Gasteiger partial charge is 0.478 e. The number of hydrogen-bond acceptors (Lipinski definition) is 4. The van der Waals surface area contributed by atoms with Crippen molar-refractivity contribution in [3.8, 4) is 11.8 Å². The van der Waals surface area contributed by atoms with Crippen LogP contribution in [0.2, 0.25) is 0 Å². The van der Waals surface area contributed by atoms with Crippen molar-refractivity contribution in [2.45, 2.75) is 32.9 Å². The second kappa shape index (κ2) is 9.38. The molecule has 4 heteroatoms. The summed E-state index contributed by atoms with van der Waals surface area (Å²) in [5, 5.41) is 12.2. The Morgan fingerprint density at radius 1 is 1.29 bits per heavy atom. The molecular formula is C17H27N3O. The molecule has 0 saturated carbocycles. The molecule has 116 valence electrons. The molecule has 1 aromatic carbocycles. The lowest BCUT2D eigenvalue weighted by Crippen LogP contribution is -2.38. The Kier molecular flexibility index (Phi) is 7.81. The molecule has 1 N–H and O–H groups in total. The SMILES string of the molecule is CC(C)CC(CN(C)C)NCc1ccccc1OCC#N. The number of nitrogens with zero attached hydrogens (tertiary/aromatic N) is 2. The molecule has 0 aliphatic carbocycles. The van der Waals surface area contributed by atoms with Crippen molar-refractivity contribution in [2.75, 3.05) is 27.2 Å². The summed E-state index contributed by atoms with van der Waals surface area (Å²) in [6, 6.07) is 10.3. The number of nitrogens with one attached hydrogen (secondary N) is 1. The van der Waals surface area contributed by atoms with Gasteiger partial charge in [0.2, 0.25) is 0 Å². The van der Waals surface area contributed by atoms with E-state index in [2.05, 4.69) is 38.2 Å². The Balaban J connectivity index is 2.64. The number of rotatable bonds is 9. The van der Waals surface area contributed by atoms with Crippen molar-refractivity contribution < 1.29 is 4.74 Å². The molecule has 0 bridgehead atoms. The molecule has 21 heavy (non-hydrogen) atoms. The highest BCUT2D eigenvalue weighted by molar-refractivity contribution is 5.33. The van der Waals surface area contributed by atoms with Crippen molar-refractivity contribution in [1.82, 2.24) is 10.2 Å². The van der Waals surface area contributed by atoms with Gasteiger partial charge in [0, 0.05) is 24.7 Å². The zero-order chi connectivity index (χ0) is 15.7. The fraction of sp³-hybridized carbons (Fsp3) is 0.588. The third kappa shape index (κ3) is 7.12. The van der Waals surface area contributed by atoms with Crippen LogP contribution < -0.4 is 10.1 Å². The first kappa shape index (κ1) is 17.5. The minimum absolute atomic E-state index is 0.0874. The smallest absolute Gasteiger partial charge is 0.174 e. The van der Waals surface area contributed by atoms with E-state index in [4.69, 9.17) is 10.00 Å². The second-order valence-electron chi connectivity index (χ2n) is 6.02. The summed E-state index contributed by atoms with van der Waals surface area (Å²) in [4.78, 5) is 2.21. The highest BCUT2D eigenvalue weighted by Crippen LogP contribution is 2.18. The number of nitriles is 1. The summed E-state index contributed by atoms with van der Waals surface area (Å²) >= 11 is 0. The van der Waals surface area contributed by atoms with Crippen molar-refractivity contribution in [3.63, 3.8) is 0 Å². The van der Waals surface area contributed by atoms with Crippen molar-refractivity contribution in [3.05, 3.63) is 29.8 Å². The van der Waals surface area contributed by atoms with Crippen LogP contribution in [-0.2, 0) is 6.54 Å². The van der Waals surface area contributed by atoms with Crippen LogP contribution in [0, 0.1) is 17.2 Å². The predicted molar refractivity (Wildman–Crippen MR) is 86.2 cm³/mol. The van der Waals surface area contributed by atoms with Crippen LogP contribution in [0.3, 0.4) is 0 Å². The van der Waals surface area contributed by atoms with Crippen LogP contribution in [-0.4, -0.2) is 38.2 Å². The van der Waals surface area contributed by atoms with Gasteiger partial charge < -0.3 is 15.0 Å². The van der Waals surface area contributed by atoms with E-state index in [0.717, 1.165) is 30.8 Å². The van der Waals surface area contributed by atoms with Gasteiger partial charge in [0.15, 0.2) is 6.61 Å².